The Bertz CT molecular complexity index is 365. The highest BCUT2D eigenvalue weighted by Crippen LogP contribution is 2.28. The lowest BCUT2D eigenvalue weighted by Gasteiger charge is -2.33. The second-order valence-electron chi connectivity index (χ2n) is 4.94. The Morgan fingerprint density at radius 1 is 1.53 bits per heavy atom. The van der Waals surface area contributed by atoms with Crippen LogP contribution in [0.1, 0.15) is 44.3 Å². The molecule has 1 saturated heterocycles. The maximum Gasteiger partial charge on any atom is 0.197 e. The first-order valence-electron chi connectivity index (χ1n) is 6.33. The van der Waals surface area contributed by atoms with E-state index in [1.807, 2.05) is 0 Å². The van der Waals surface area contributed by atoms with Crippen molar-refractivity contribution in [1.82, 2.24) is 9.88 Å². The quantitative estimate of drug-likeness (QED) is 0.750. The third-order valence-electron chi connectivity index (χ3n) is 3.47. The van der Waals surface area contributed by atoms with Gasteiger partial charge in [-0.2, -0.15) is 0 Å². The molecule has 17 heavy (non-hydrogen) atoms. The summed E-state index contributed by atoms with van der Waals surface area (Å²) < 4.78 is 5.60. The molecule has 0 bridgehead atoms. The van der Waals surface area contributed by atoms with Gasteiger partial charge in [0.2, 0.25) is 0 Å². The van der Waals surface area contributed by atoms with Gasteiger partial charge < -0.3 is 14.1 Å². The van der Waals surface area contributed by atoms with Gasteiger partial charge >= 0.3 is 0 Å². The predicted octanol–water partition coefficient (Wildman–Crippen LogP) is 2.00. The predicted molar refractivity (Wildman–Crippen MR) is 65.0 cm³/mol. The molecule has 0 aromatic carbocycles. The molecule has 0 saturated carbocycles. The second-order valence-corrected chi connectivity index (χ2v) is 4.94. The van der Waals surface area contributed by atoms with Crippen molar-refractivity contribution in [2.24, 2.45) is 0 Å². The third kappa shape index (κ3) is 2.94. The van der Waals surface area contributed by atoms with E-state index in [4.69, 9.17) is 4.42 Å². The highest BCUT2D eigenvalue weighted by Gasteiger charge is 2.25. The monoisotopic (exact) mass is 236 g/mol. The molecular weight excluding hydrogens is 216 g/mol. The number of carbonyl (C=O) groups excluding carboxylic acids is 1. The molecule has 1 aliphatic rings. The number of likely N-dealkylation sites (tertiary alicyclic amines) is 1. The highest BCUT2D eigenvalue weighted by atomic mass is 16.4. The molecule has 0 N–H and O–H groups in total. The van der Waals surface area contributed by atoms with E-state index >= 15 is 0 Å². The van der Waals surface area contributed by atoms with Gasteiger partial charge in [0.25, 0.3) is 0 Å². The van der Waals surface area contributed by atoms with Crippen LogP contribution < -0.4 is 0 Å². The Morgan fingerprint density at radius 3 is 2.82 bits per heavy atom. The lowest BCUT2D eigenvalue weighted by Crippen LogP contribution is -2.37. The van der Waals surface area contributed by atoms with Gasteiger partial charge in [0.15, 0.2) is 5.89 Å². The first kappa shape index (κ1) is 12.3. The minimum atomic E-state index is 0.331. The maximum atomic E-state index is 10.4. The number of hydrogen-bond acceptors (Lipinski definition) is 4. The lowest BCUT2D eigenvalue weighted by atomic mass is 9.96. The molecule has 4 nitrogen and oxygen atoms in total. The first-order valence-corrected chi connectivity index (χ1v) is 6.33. The van der Waals surface area contributed by atoms with Crippen LogP contribution in [0.5, 0.6) is 0 Å². The van der Waals surface area contributed by atoms with Crippen molar-refractivity contribution in [3.63, 3.8) is 0 Å². The van der Waals surface area contributed by atoms with Crippen LogP contribution in [0.25, 0.3) is 0 Å². The van der Waals surface area contributed by atoms with Crippen molar-refractivity contribution in [2.45, 2.75) is 45.1 Å². The zero-order valence-corrected chi connectivity index (χ0v) is 10.6. The molecule has 0 aliphatic carbocycles. The molecule has 0 spiro atoms. The van der Waals surface area contributed by atoms with Gasteiger partial charge in [-0.3, -0.25) is 0 Å². The van der Waals surface area contributed by atoms with E-state index < -0.39 is 0 Å². The standard InChI is InChI=1S/C13H20N2O2/c1-10(2)15-6-3-11(4-7-15)13-14-9-12(17-13)5-8-16/h8-11H,3-7H2,1-2H3. The third-order valence-corrected chi connectivity index (χ3v) is 3.47. The smallest absolute Gasteiger partial charge is 0.197 e. The van der Waals surface area contributed by atoms with E-state index in [1.54, 1.807) is 6.20 Å². The number of nitrogens with zero attached hydrogens (tertiary/aromatic N) is 2. The summed E-state index contributed by atoms with van der Waals surface area (Å²) in [6.45, 7) is 6.67. The SMILES string of the molecule is CC(C)N1CCC(c2ncc(CC=O)o2)CC1. The van der Waals surface area contributed by atoms with Crippen molar-refractivity contribution in [2.75, 3.05) is 13.1 Å². The molecule has 1 aromatic rings. The van der Waals surface area contributed by atoms with Crippen LogP contribution in [0.4, 0.5) is 0 Å². The molecule has 2 rings (SSSR count). The minimum absolute atomic E-state index is 0.331. The second kappa shape index (κ2) is 5.45. The summed E-state index contributed by atoms with van der Waals surface area (Å²) in [5.74, 6) is 1.91. The fourth-order valence-electron chi connectivity index (χ4n) is 2.35. The van der Waals surface area contributed by atoms with E-state index in [-0.39, 0.29) is 0 Å². The Labute approximate surface area is 102 Å². The summed E-state index contributed by atoms with van der Waals surface area (Å²) in [6, 6.07) is 0.617. The largest absolute Gasteiger partial charge is 0.445 e. The van der Waals surface area contributed by atoms with Gasteiger partial charge in [0.05, 0.1) is 12.6 Å². The average molecular weight is 236 g/mol. The zero-order chi connectivity index (χ0) is 12.3. The van der Waals surface area contributed by atoms with E-state index in [0.29, 0.717) is 24.1 Å². The molecule has 2 heterocycles. The zero-order valence-electron chi connectivity index (χ0n) is 10.6. The molecule has 1 aliphatic heterocycles. The van der Waals surface area contributed by atoms with E-state index in [0.717, 1.165) is 38.1 Å². The van der Waals surface area contributed by atoms with Gasteiger partial charge in [0.1, 0.15) is 12.0 Å². The molecule has 1 fully saturated rings. The van der Waals surface area contributed by atoms with E-state index in [1.165, 1.54) is 0 Å². The molecule has 94 valence electrons. The fourth-order valence-corrected chi connectivity index (χ4v) is 2.35. The molecule has 4 heteroatoms. The van der Waals surface area contributed by atoms with Gasteiger partial charge in [0, 0.05) is 12.0 Å². The van der Waals surface area contributed by atoms with E-state index in [9.17, 15) is 4.79 Å². The Hall–Kier alpha value is -1.16. The van der Waals surface area contributed by atoms with Crippen molar-refractivity contribution < 1.29 is 9.21 Å². The number of carbonyl (C=O) groups is 1. The van der Waals surface area contributed by atoms with E-state index in [2.05, 4.69) is 23.7 Å². The van der Waals surface area contributed by atoms with Crippen molar-refractivity contribution in [3.05, 3.63) is 17.8 Å². The summed E-state index contributed by atoms with van der Waals surface area (Å²) in [5.41, 5.74) is 0. The summed E-state index contributed by atoms with van der Waals surface area (Å²) in [5, 5.41) is 0. The maximum absolute atomic E-state index is 10.4. The van der Waals surface area contributed by atoms with Crippen LogP contribution in [0.3, 0.4) is 0 Å². The average Bonchev–Trinajstić information content (AvgIpc) is 2.78. The van der Waals surface area contributed by atoms with Crippen LogP contribution >= 0.6 is 0 Å². The van der Waals surface area contributed by atoms with Gasteiger partial charge in [-0.15, -0.1) is 0 Å². The molecule has 0 unspecified atom stereocenters. The van der Waals surface area contributed by atoms with Gasteiger partial charge in [-0.1, -0.05) is 0 Å². The van der Waals surface area contributed by atoms with Crippen LogP contribution in [-0.4, -0.2) is 35.3 Å². The number of oxazole rings is 1. The van der Waals surface area contributed by atoms with Crippen molar-refractivity contribution in [1.29, 1.82) is 0 Å². The molecule has 1 aromatic heterocycles. The highest BCUT2D eigenvalue weighted by molar-refractivity contribution is 5.52. The summed E-state index contributed by atoms with van der Waals surface area (Å²) in [7, 11) is 0. The summed E-state index contributed by atoms with van der Waals surface area (Å²) in [6.07, 6.45) is 5.06. The van der Waals surface area contributed by atoms with Crippen molar-refractivity contribution >= 4 is 6.29 Å². The Balaban J connectivity index is 1.93. The minimum Gasteiger partial charge on any atom is -0.445 e. The summed E-state index contributed by atoms with van der Waals surface area (Å²) in [4.78, 5) is 17.1. The Kier molecular flexibility index (Phi) is 3.94. The fraction of sp³-hybridized carbons (Fsp3) is 0.692. The van der Waals surface area contributed by atoms with Crippen molar-refractivity contribution in [3.8, 4) is 0 Å². The first-order chi connectivity index (χ1) is 8.20. The Morgan fingerprint density at radius 2 is 2.24 bits per heavy atom. The van der Waals surface area contributed by atoms with Crippen LogP contribution in [-0.2, 0) is 11.2 Å². The molecular formula is C13H20N2O2. The summed E-state index contributed by atoms with van der Waals surface area (Å²) >= 11 is 0. The lowest BCUT2D eigenvalue weighted by molar-refractivity contribution is -0.107. The van der Waals surface area contributed by atoms with Crippen LogP contribution in [0.2, 0.25) is 0 Å². The molecule has 0 amide bonds. The van der Waals surface area contributed by atoms with Crippen LogP contribution in [0, 0.1) is 0 Å². The normalized spacial score (nSPS) is 18.8. The molecule has 0 radical (unpaired) electrons. The van der Waals surface area contributed by atoms with Gasteiger partial charge in [-0.25, -0.2) is 4.98 Å². The number of rotatable bonds is 4. The van der Waals surface area contributed by atoms with Gasteiger partial charge in [-0.05, 0) is 39.8 Å². The number of aldehydes is 1. The number of hydrogen-bond donors (Lipinski definition) is 0. The topological polar surface area (TPSA) is 46.3 Å². The molecule has 0 atom stereocenters. The number of piperidine rings is 1. The number of aromatic nitrogens is 1. The van der Waals surface area contributed by atoms with Crippen LogP contribution in [0.15, 0.2) is 10.6 Å².